The van der Waals surface area contributed by atoms with Gasteiger partial charge in [-0.05, 0) is 37.1 Å². The summed E-state index contributed by atoms with van der Waals surface area (Å²) in [4.78, 5) is 4.79. The maximum absolute atomic E-state index is 13.0. The van der Waals surface area contributed by atoms with E-state index in [0.717, 1.165) is 34.4 Å². The predicted molar refractivity (Wildman–Crippen MR) is 89.9 cm³/mol. The monoisotopic (exact) mass is 341 g/mol. The van der Waals surface area contributed by atoms with Gasteiger partial charge in [-0.1, -0.05) is 24.3 Å². The number of fused-ring (bicyclic) bond motifs is 9. The zero-order valence-corrected chi connectivity index (χ0v) is 13.6. The van der Waals surface area contributed by atoms with Crippen molar-refractivity contribution in [1.29, 1.82) is 0 Å². The predicted octanol–water partition coefficient (Wildman–Crippen LogP) is 4.34. The van der Waals surface area contributed by atoms with Crippen LogP contribution in [0.4, 0.5) is 8.78 Å². The average molecular weight is 341 g/mol. The van der Waals surface area contributed by atoms with Crippen LogP contribution in [-0.2, 0) is 0 Å². The summed E-state index contributed by atoms with van der Waals surface area (Å²) in [7, 11) is 0. The Balaban J connectivity index is 1.78. The Hall–Kier alpha value is -2.47. The van der Waals surface area contributed by atoms with Gasteiger partial charge in [-0.25, -0.2) is 4.98 Å². The van der Waals surface area contributed by atoms with Crippen molar-refractivity contribution in [1.82, 2.24) is 14.9 Å². The number of imidazole rings is 1. The first kappa shape index (κ1) is 14.8. The normalized spacial score (nSPS) is 24.2. The van der Waals surface area contributed by atoms with E-state index in [1.54, 1.807) is 12.1 Å². The molecule has 2 aliphatic heterocycles. The third-order valence-corrected chi connectivity index (χ3v) is 5.27. The summed E-state index contributed by atoms with van der Waals surface area (Å²) in [6.45, 7) is -0.784. The van der Waals surface area contributed by atoms with Crippen LogP contribution in [0.1, 0.15) is 48.4 Å². The van der Waals surface area contributed by atoms with E-state index in [-0.39, 0.29) is 23.9 Å². The van der Waals surface area contributed by atoms with Crippen molar-refractivity contribution in [2.45, 2.75) is 38.1 Å². The molecule has 1 aromatic heterocycles. The number of aromatic nitrogens is 2. The molecule has 3 unspecified atom stereocenters. The van der Waals surface area contributed by atoms with E-state index >= 15 is 0 Å². The van der Waals surface area contributed by atoms with Crippen molar-refractivity contribution in [2.75, 3.05) is 0 Å². The molecule has 0 saturated carbocycles. The number of nitrogens with one attached hydrogen (secondary N) is 1. The molecule has 25 heavy (non-hydrogen) atoms. The Morgan fingerprint density at radius 1 is 1.20 bits per heavy atom. The number of hydrogen-bond donors (Lipinski definition) is 1. The second-order valence-corrected chi connectivity index (χ2v) is 6.66. The lowest BCUT2D eigenvalue weighted by Gasteiger charge is -2.24. The van der Waals surface area contributed by atoms with Crippen molar-refractivity contribution in [3.63, 3.8) is 0 Å². The summed E-state index contributed by atoms with van der Waals surface area (Å²) in [5.41, 5.74) is 3.80. The van der Waals surface area contributed by atoms with E-state index in [9.17, 15) is 8.78 Å². The van der Waals surface area contributed by atoms with Crippen LogP contribution < -0.4 is 10.1 Å². The highest BCUT2D eigenvalue weighted by Gasteiger charge is 2.41. The van der Waals surface area contributed by atoms with Gasteiger partial charge in [0, 0.05) is 11.6 Å². The van der Waals surface area contributed by atoms with Crippen LogP contribution in [0.2, 0.25) is 0 Å². The van der Waals surface area contributed by atoms with Crippen LogP contribution in [0, 0.1) is 0 Å². The highest BCUT2D eigenvalue weighted by atomic mass is 19.3. The number of halogens is 2. The summed E-state index contributed by atoms with van der Waals surface area (Å²) in [5, 5.41) is 3.60. The van der Waals surface area contributed by atoms with Gasteiger partial charge in [0.15, 0.2) is 0 Å². The molecule has 1 N–H and O–H groups in total. The maximum Gasteiger partial charge on any atom is 0.387 e. The van der Waals surface area contributed by atoms with Crippen LogP contribution in [0.15, 0.2) is 42.5 Å². The van der Waals surface area contributed by atoms with Crippen molar-refractivity contribution in [2.24, 2.45) is 0 Å². The number of rotatable bonds is 2. The highest BCUT2D eigenvalue weighted by Crippen LogP contribution is 2.49. The molecular weight excluding hydrogens is 324 g/mol. The fraction of sp³-hybridized carbons (Fsp3) is 0.316. The lowest BCUT2D eigenvalue weighted by atomic mass is 9.95. The molecular formula is C19H17F2N3O. The van der Waals surface area contributed by atoms with Gasteiger partial charge in [0.2, 0.25) is 0 Å². The molecule has 0 amide bonds. The number of hydrogen-bond acceptors (Lipinski definition) is 3. The molecule has 4 nitrogen and oxygen atoms in total. The van der Waals surface area contributed by atoms with Gasteiger partial charge in [0.1, 0.15) is 11.6 Å². The number of para-hydroxylation sites is 2. The molecule has 2 aliphatic rings. The smallest absolute Gasteiger partial charge is 0.387 e. The lowest BCUT2D eigenvalue weighted by Crippen LogP contribution is -2.24. The molecule has 0 spiro atoms. The molecule has 2 aromatic carbocycles. The van der Waals surface area contributed by atoms with Crippen LogP contribution >= 0.6 is 0 Å². The van der Waals surface area contributed by atoms with E-state index in [1.165, 1.54) is 0 Å². The van der Waals surface area contributed by atoms with Crippen molar-refractivity contribution in [3.8, 4) is 5.75 Å². The molecule has 2 bridgehead atoms. The van der Waals surface area contributed by atoms with Gasteiger partial charge in [-0.2, -0.15) is 8.78 Å². The Morgan fingerprint density at radius 3 is 2.88 bits per heavy atom. The van der Waals surface area contributed by atoms with Gasteiger partial charge in [0.25, 0.3) is 0 Å². The van der Waals surface area contributed by atoms with Crippen molar-refractivity contribution in [3.05, 3.63) is 59.4 Å². The second-order valence-electron chi connectivity index (χ2n) is 6.66. The fourth-order valence-electron chi connectivity index (χ4n) is 4.35. The second kappa shape index (κ2) is 5.26. The SMILES string of the molecule is CC1NC2CC(c3c(OC(F)F)cccc31)n1c2nc2ccccc21. The lowest BCUT2D eigenvalue weighted by molar-refractivity contribution is -0.0507. The minimum Gasteiger partial charge on any atom is -0.434 e. The molecule has 0 aliphatic carbocycles. The third kappa shape index (κ3) is 2.10. The summed E-state index contributed by atoms with van der Waals surface area (Å²) in [5.74, 6) is 1.23. The summed E-state index contributed by atoms with van der Waals surface area (Å²) in [6, 6.07) is 13.4. The van der Waals surface area contributed by atoms with Crippen LogP contribution in [0.3, 0.4) is 0 Å². The van der Waals surface area contributed by atoms with Gasteiger partial charge >= 0.3 is 6.61 Å². The number of alkyl halides is 2. The Kier molecular flexibility index (Phi) is 3.12. The van der Waals surface area contributed by atoms with E-state index < -0.39 is 6.61 Å². The first-order valence-corrected chi connectivity index (χ1v) is 8.44. The Morgan fingerprint density at radius 2 is 2.04 bits per heavy atom. The number of benzene rings is 2. The molecule has 128 valence electrons. The third-order valence-electron chi connectivity index (χ3n) is 5.27. The maximum atomic E-state index is 13.0. The molecule has 3 heterocycles. The summed E-state index contributed by atoms with van der Waals surface area (Å²) >= 11 is 0. The van der Waals surface area contributed by atoms with Crippen molar-refractivity contribution >= 4 is 11.0 Å². The van der Waals surface area contributed by atoms with Crippen LogP contribution in [0.5, 0.6) is 5.75 Å². The van der Waals surface area contributed by atoms with Gasteiger partial charge < -0.3 is 14.6 Å². The molecule has 3 aromatic rings. The topological polar surface area (TPSA) is 39.1 Å². The minimum absolute atomic E-state index is 0.0415. The highest BCUT2D eigenvalue weighted by molar-refractivity contribution is 5.77. The zero-order valence-electron chi connectivity index (χ0n) is 13.6. The minimum atomic E-state index is -2.84. The Bertz CT molecular complexity index is 968. The van der Waals surface area contributed by atoms with E-state index in [4.69, 9.17) is 9.72 Å². The molecule has 0 fully saturated rings. The Labute approximate surface area is 143 Å². The van der Waals surface area contributed by atoms with Gasteiger partial charge in [-0.15, -0.1) is 0 Å². The van der Waals surface area contributed by atoms with Gasteiger partial charge in [-0.3, -0.25) is 0 Å². The molecule has 3 atom stereocenters. The first-order chi connectivity index (χ1) is 12.1. The molecule has 0 saturated heterocycles. The van der Waals surface area contributed by atoms with E-state index in [0.29, 0.717) is 0 Å². The van der Waals surface area contributed by atoms with Crippen LogP contribution in [-0.4, -0.2) is 16.2 Å². The fourth-order valence-corrected chi connectivity index (χ4v) is 4.35. The van der Waals surface area contributed by atoms with E-state index in [2.05, 4.69) is 16.8 Å². The molecule has 5 rings (SSSR count). The first-order valence-electron chi connectivity index (χ1n) is 8.44. The van der Waals surface area contributed by atoms with E-state index in [1.807, 2.05) is 30.3 Å². The summed E-state index contributed by atoms with van der Waals surface area (Å²) < 4.78 is 33.0. The van der Waals surface area contributed by atoms with Gasteiger partial charge in [0.05, 0.1) is 23.1 Å². The quantitative estimate of drug-likeness (QED) is 0.754. The molecule has 6 heteroatoms. The zero-order chi connectivity index (χ0) is 17.1. The largest absolute Gasteiger partial charge is 0.434 e. The summed E-state index contributed by atoms with van der Waals surface area (Å²) in [6.07, 6.45) is 0.786. The standard InChI is InChI=1S/C19H17F2N3O/c1-10-11-5-4-8-16(25-19(20)21)17(11)15-9-13(22-10)18-23-12-6-2-3-7-14(12)24(15)18/h2-8,10,13,15,19,22H,9H2,1H3. The number of ether oxygens (including phenoxy) is 1. The average Bonchev–Trinajstić information content (AvgIpc) is 3.07. The molecule has 0 radical (unpaired) electrons. The van der Waals surface area contributed by atoms with Crippen molar-refractivity contribution < 1.29 is 13.5 Å². The van der Waals surface area contributed by atoms with Crippen LogP contribution in [0.25, 0.3) is 11.0 Å². The number of nitrogens with zero attached hydrogens (tertiary/aromatic N) is 2.